The zero-order valence-corrected chi connectivity index (χ0v) is 11.6. The van der Waals surface area contributed by atoms with E-state index in [1.165, 1.54) is 12.1 Å². The maximum absolute atomic E-state index is 14.2. The van der Waals surface area contributed by atoms with Crippen molar-refractivity contribution < 1.29 is 22.3 Å². The maximum Gasteiger partial charge on any atom is 0.256 e. The molecule has 0 atom stereocenters. The molecule has 0 saturated carbocycles. The fraction of sp³-hybridized carbons (Fsp3) is 0.200. The normalized spacial score (nSPS) is 10.6. The minimum Gasteiger partial charge on any atom is -0.479 e. The number of pyridine rings is 1. The summed E-state index contributed by atoms with van der Waals surface area (Å²) < 4.78 is 58.9. The van der Waals surface area contributed by atoms with Crippen LogP contribution in [0.1, 0.15) is 0 Å². The Labute approximate surface area is 128 Å². The van der Waals surface area contributed by atoms with E-state index in [-0.39, 0.29) is 11.4 Å². The van der Waals surface area contributed by atoms with Crippen LogP contribution in [0.2, 0.25) is 0 Å². The summed E-state index contributed by atoms with van der Waals surface area (Å²) in [6, 6.07) is 6.69. The Balaban J connectivity index is 2.57. The SMILES string of the molecule is N#CCOc1cc(F)c(-c2cccc(=O)n2CC(F)F)c(F)c1. The number of ether oxygens (including phenoxy) is 1. The van der Waals surface area contributed by atoms with Crippen molar-refractivity contribution in [1.29, 1.82) is 5.26 Å². The first-order chi connectivity index (χ1) is 10.9. The van der Waals surface area contributed by atoms with Crippen LogP contribution >= 0.6 is 0 Å². The highest BCUT2D eigenvalue weighted by molar-refractivity contribution is 5.62. The third-order valence-electron chi connectivity index (χ3n) is 2.95. The molecular formula is C15H10F4N2O2. The lowest BCUT2D eigenvalue weighted by Gasteiger charge is -2.14. The van der Waals surface area contributed by atoms with Gasteiger partial charge in [0.05, 0.1) is 17.8 Å². The predicted octanol–water partition coefficient (Wildman–Crippen LogP) is 2.96. The lowest BCUT2D eigenvalue weighted by molar-refractivity contribution is 0.126. The van der Waals surface area contributed by atoms with E-state index < -0.39 is 42.3 Å². The zero-order chi connectivity index (χ0) is 17.0. The molecule has 0 N–H and O–H groups in total. The van der Waals surface area contributed by atoms with Gasteiger partial charge in [0.25, 0.3) is 12.0 Å². The molecule has 0 aliphatic heterocycles. The summed E-state index contributed by atoms with van der Waals surface area (Å²) in [5.74, 6) is -2.40. The minimum absolute atomic E-state index is 0.219. The first kappa shape index (κ1) is 16.5. The van der Waals surface area contributed by atoms with Gasteiger partial charge in [0.1, 0.15) is 23.5 Å². The van der Waals surface area contributed by atoms with Gasteiger partial charge in [-0.05, 0) is 6.07 Å². The van der Waals surface area contributed by atoms with Crippen molar-refractivity contribution in [3.05, 3.63) is 52.3 Å². The van der Waals surface area contributed by atoms with Crippen LogP contribution in [-0.2, 0) is 6.54 Å². The van der Waals surface area contributed by atoms with Gasteiger partial charge >= 0.3 is 0 Å². The minimum atomic E-state index is -2.86. The molecule has 0 radical (unpaired) electrons. The van der Waals surface area contributed by atoms with Crippen molar-refractivity contribution in [1.82, 2.24) is 4.57 Å². The fourth-order valence-electron chi connectivity index (χ4n) is 2.06. The molecule has 4 nitrogen and oxygen atoms in total. The van der Waals surface area contributed by atoms with Gasteiger partial charge < -0.3 is 9.30 Å². The summed E-state index contributed by atoms with van der Waals surface area (Å²) in [4.78, 5) is 11.7. The Kier molecular flexibility index (Phi) is 5.01. The van der Waals surface area contributed by atoms with Crippen LogP contribution < -0.4 is 10.3 Å². The highest BCUT2D eigenvalue weighted by atomic mass is 19.3. The number of rotatable bonds is 5. The second-order valence-corrected chi connectivity index (χ2v) is 4.46. The third-order valence-corrected chi connectivity index (χ3v) is 2.95. The van der Waals surface area contributed by atoms with Crippen molar-refractivity contribution in [3.63, 3.8) is 0 Å². The van der Waals surface area contributed by atoms with E-state index in [0.717, 1.165) is 18.2 Å². The number of hydrogen-bond acceptors (Lipinski definition) is 3. The number of alkyl halides is 2. The smallest absolute Gasteiger partial charge is 0.256 e. The van der Waals surface area contributed by atoms with Crippen molar-refractivity contribution >= 4 is 0 Å². The first-order valence-electron chi connectivity index (χ1n) is 6.41. The standard InChI is InChI=1S/C15H10F4N2O2/c16-10-6-9(23-5-4-20)7-11(17)15(10)12-2-1-3-14(22)21(12)8-13(18)19/h1-3,6-7,13H,5,8H2. The number of nitrogens with zero attached hydrogens (tertiary/aromatic N) is 2. The van der Waals surface area contributed by atoms with Crippen molar-refractivity contribution in [2.24, 2.45) is 0 Å². The molecule has 0 amide bonds. The molecule has 23 heavy (non-hydrogen) atoms. The molecule has 0 aliphatic rings. The molecule has 1 heterocycles. The highest BCUT2D eigenvalue weighted by Crippen LogP contribution is 2.29. The second kappa shape index (κ2) is 6.96. The van der Waals surface area contributed by atoms with Crippen LogP contribution in [0, 0.1) is 23.0 Å². The third kappa shape index (κ3) is 3.69. The zero-order valence-electron chi connectivity index (χ0n) is 11.6. The summed E-state index contributed by atoms with van der Waals surface area (Å²) in [5, 5.41) is 8.38. The van der Waals surface area contributed by atoms with E-state index in [9.17, 15) is 22.4 Å². The van der Waals surface area contributed by atoms with Crippen LogP contribution in [0.3, 0.4) is 0 Å². The Hall–Kier alpha value is -2.82. The van der Waals surface area contributed by atoms with Crippen LogP contribution in [-0.4, -0.2) is 17.6 Å². The van der Waals surface area contributed by atoms with Crippen molar-refractivity contribution in [3.8, 4) is 23.1 Å². The quantitative estimate of drug-likeness (QED) is 0.794. The lowest BCUT2D eigenvalue weighted by atomic mass is 10.1. The molecule has 0 bridgehead atoms. The molecule has 0 spiro atoms. The second-order valence-electron chi connectivity index (χ2n) is 4.46. The Bertz CT molecular complexity index is 789. The van der Waals surface area contributed by atoms with E-state index in [0.29, 0.717) is 4.57 Å². The molecule has 0 unspecified atom stereocenters. The summed E-state index contributed by atoms with van der Waals surface area (Å²) in [7, 11) is 0. The summed E-state index contributed by atoms with van der Waals surface area (Å²) in [6.07, 6.45) is -2.86. The molecule has 0 fully saturated rings. The van der Waals surface area contributed by atoms with Gasteiger partial charge in [0.15, 0.2) is 6.61 Å². The van der Waals surface area contributed by atoms with Crippen LogP contribution in [0.15, 0.2) is 35.1 Å². The monoisotopic (exact) mass is 326 g/mol. The summed E-state index contributed by atoms with van der Waals surface area (Å²) >= 11 is 0. The average Bonchev–Trinajstić information content (AvgIpc) is 2.47. The van der Waals surface area contributed by atoms with Gasteiger partial charge in [-0.15, -0.1) is 0 Å². The molecule has 2 aromatic rings. The van der Waals surface area contributed by atoms with Crippen LogP contribution in [0.4, 0.5) is 17.6 Å². The number of aromatic nitrogens is 1. The van der Waals surface area contributed by atoms with E-state index in [2.05, 4.69) is 0 Å². The van der Waals surface area contributed by atoms with Gasteiger partial charge in [-0.3, -0.25) is 4.79 Å². The van der Waals surface area contributed by atoms with Crippen molar-refractivity contribution in [2.45, 2.75) is 13.0 Å². The number of benzene rings is 1. The van der Waals surface area contributed by atoms with E-state index in [1.54, 1.807) is 6.07 Å². The summed E-state index contributed by atoms with van der Waals surface area (Å²) in [5.41, 5.74) is -1.72. The molecule has 2 rings (SSSR count). The molecule has 1 aromatic heterocycles. The van der Waals surface area contributed by atoms with Gasteiger partial charge in [0.2, 0.25) is 0 Å². The molecule has 8 heteroatoms. The van der Waals surface area contributed by atoms with E-state index in [1.807, 2.05) is 0 Å². The Morgan fingerprint density at radius 3 is 2.43 bits per heavy atom. The fourth-order valence-corrected chi connectivity index (χ4v) is 2.06. The number of nitriles is 1. The average molecular weight is 326 g/mol. The van der Waals surface area contributed by atoms with Crippen molar-refractivity contribution in [2.75, 3.05) is 6.61 Å². The van der Waals surface area contributed by atoms with Crippen LogP contribution in [0.25, 0.3) is 11.3 Å². The van der Waals surface area contributed by atoms with Gasteiger partial charge in [-0.2, -0.15) is 5.26 Å². The molecule has 120 valence electrons. The van der Waals surface area contributed by atoms with Gasteiger partial charge in [-0.1, -0.05) is 6.07 Å². The molecule has 1 aromatic carbocycles. The molecule has 0 aliphatic carbocycles. The lowest BCUT2D eigenvalue weighted by Crippen LogP contribution is -2.24. The van der Waals surface area contributed by atoms with Gasteiger partial charge in [0, 0.05) is 18.2 Å². The molecule has 0 saturated heterocycles. The topological polar surface area (TPSA) is 55.0 Å². The largest absolute Gasteiger partial charge is 0.479 e. The van der Waals surface area contributed by atoms with E-state index >= 15 is 0 Å². The van der Waals surface area contributed by atoms with Gasteiger partial charge in [-0.25, -0.2) is 17.6 Å². The van der Waals surface area contributed by atoms with E-state index in [4.69, 9.17) is 10.00 Å². The molecular weight excluding hydrogens is 316 g/mol. The number of halogens is 4. The first-order valence-corrected chi connectivity index (χ1v) is 6.41. The Morgan fingerprint density at radius 2 is 1.87 bits per heavy atom. The predicted molar refractivity (Wildman–Crippen MR) is 73.2 cm³/mol. The highest BCUT2D eigenvalue weighted by Gasteiger charge is 2.19. The summed E-state index contributed by atoms with van der Waals surface area (Å²) in [6.45, 7) is -1.39. The Morgan fingerprint density at radius 1 is 1.22 bits per heavy atom. The number of hydrogen-bond donors (Lipinski definition) is 0. The van der Waals surface area contributed by atoms with Crippen LogP contribution in [0.5, 0.6) is 5.75 Å². The maximum atomic E-state index is 14.2.